The Morgan fingerprint density at radius 1 is 1.17 bits per heavy atom. The largest absolute Gasteiger partial charge is 0.469 e. The number of aromatic nitrogens is 3. The Morgan fingerprint density at radius 2 is 2.00 bits per heavy atom. The molecule has 24 heavy (non-hydrogen) atoms. The van der Waals surface area contributed by atoms with Gasteiger partial charge in [0.25, 0.3) is 0 Å². The fraction of sp³-hybridized carbons (Fsp3) is 0.118. The average Bonchev–Trinajstić information content (AvgIpc) is 3.19. The van der Waals surface area contributed by atoms with Crippen molar-refractivity contribution in [3.05, 3.63) is 59.2 Å². The number of hydrogen-bond donors (Lipinski definition) is 0. The first kappa shape index (κ1) is 14.8. The van der Waals surface area contributed by atoms with Crippen LogP contribution in [0.1, 0.15) is 10.6 Å². The molecule has 0 spiro atoms. The third-order valence-electron chi connectivity index (χ3n) is 3.47. The van der Waals surface area contributed by atoms with E-state index in [4.69, 9.17) is 9.26 Å². The summed E-state index contributed by atoms with van der Waals surface area (Å²) >= 11 is 1.59. The highest BCUT2D eigenvalue weighted by Crippen LogP contribution is 2.29. The van der Waals surface area contributed by atoms with Gasteiger partial charge < -0.3 is 9.26 Å². The van der Waals surface area contributed by atoms with E-state index < -0.39 is 0 Å². The van der Waals surface area contributed by atoms with Crippen molar-refractivity contribution in [2.75, 3.05) is 0 Å². The van der Waals surface area contributed by atoms with Gasteiger partial charge in [-0.05, 0) is 37.3 Å². The summed E-state index contributed by atoms with van der Waals surface area (Å²) in [6, 6.07) is 9.84. The van der Waals surface area contributed by atoms with Crippen LogP contribution in [0.25, 0.3) is 21.5 Å². The highest BCUT2D eigenvalue weighted by atomic mass is 32.1. The number of aryl methyl sites for hydroxylation is 1. The van der Waals surface area contributed by atoms with Crippen LogP contribution in [0.2, 0.25) is 0 Å². The SMILES string of the molecule is Cc1cc2c(OCc3cc(-c4ccc(F)cc4)no3)ncnc2s1. The molecule has 3 aromatic heterocycles. The lowest BCUT2D eigenvalue weighted by Gasteiger charge is -2.02. The lowest BCUT2D eigenvalue weighted by Crippen LogP contribution is -1.96. The molecule has 0 atom stereocenters. The smallest absolute Gasteiger partial charge is 0.225 e. The second-order valence-corrected chi connectivity index (χ2v) is 6.46. The molecule has 3 heterocycles. The quantitative estimate of drug-likeness (QED) is 0.551. The summed E-state index contributed by atoms with van der Waals surface area (Å²) in [7, 11) is 0. The number of nitrogens with zero attached hydrogens (tertiary/aromatic N) is 3. The molecule has 0 saturated heterocycles. The first-order valence-electron chi connectivity index (χ1n) is 7.24. The molecular formula is C17H12FN3O2S. The topological polar surface area (TPSA) is 61.0 Å². The highest BCUT2D eigenvalue weighted by molar-refractivity contribution is 7.18. The molecule has 120 valence electrons. The van der Waals surface area contributed by atoms with Gasteiger partial charge in [-0.15, -0.1) is 11.3 Å². The maximum absolute atomic E-state index is 13.0. The van der Waals surface area contributed by atoms with Gasteiger partial charge in [0.05, 0.1) is 5.39 Å². The van der Waals surface area contributed by atoms with Gasteiger partial charge in [0.1, 0.15) is 22.7 Å². The molecular weight excluding hydrogens is 329 g/mol. The molecule has 0 N–H and O–H groups in total. The third-order valence-corrected chi connectivity index (χ3v) is 4.42. The van der Waals surface area contributed by atoms with E-state index in [0.29, 0.717) is 17.3 Å². The number of benzene rings is 1. The maximum Gasteiger partial charge on any atom is 0.225 e. The minimum Gasteiger partial charge on any atom is -0.469 e. The molecule has 5 nitrogen and oxygen atoms in total. The van der Waals surface area contributed by atoms with Crippen LogP contribution < -0.4 is 4.74 Å². The maximum atomic E-state index is 13.0. The molecule has 0 aliphatic carbocycles. The molecule has 0 radical (unpaired) electrons. The van der Waals surface area contributed by atoms with Gasteiger partial charge in [0, 0.05) is 16.5 Å². The Bertz CT molecular complexity index is 995. The number of halogens is 1. The Labute approximate surface area is 140 Å². The Balaban J connectivity index is 1.53. The number of thiophene rings is 1. The Kier molecular flexibility index (Phi) is 3.70. The van der Waals surface area contributed by atoms with Crippen molar-refractivity contribution in [1.82, 2.24) is 15.1 Å². The summed E-state index contributed by atoms with van der Waals surface area (Å²) < 4.78 is 24.0. The van der Waals surface area contributed by atoms with E-state index in [9.17, 15) is 4.39 Å². The molecule has 0 unspecified atom stereocenters. The number of fused-ring (bicyclic) bond motifs is 1. The molecule has 4 rings (SSSR count). The molecule has 4 aromatic rings. The molecule has 0 fully saturated rings. The van der Waals surface area contributed by atoms with Gasteiger partial charge >= 0.3 is 0 Å². The molecule has 0 aliphatic heterocycles. The van der Waals surface area contributed by atoms with Crippen LogP contribution in [0.5, 0.6) is 5.88 Å². The Morgan fingerprint density at radius 3 is 2.83 bits per heavy atom. The van der Waals surface area contributed by atoms with E-state index >= 15 is 0 Å². The van der Waals surface area contributed by atoms with Crippen molar-refractivity contribution in [2.24, 2.45) is 0 Å². The summed E-state index contributed by atoms with van der Waals surface area (Å²) in [5, 5.41) is 4.87. The Hall–Kier alpha value is -2.80. The second-order valence-electron chi connectivity index (χ2n) is 5.23. The number of hydrogen-bond acceptors (Lipinski definition) is 6. The van der Waals surface area contributed by atoms with Crippen LogP contribution in [0.15, 0.2) is 47.2 Å². The van der Waals surface area contributed by atoms with Gasteiger partial charge in [0.15, 0.2) is 12.4 Å². The zero-order chi connectivity index (χ0) is 16.5. The van der Waals surface area contributed by atoms with E-state index in [0.717, 1.165) is 20.7 Å². The second kappa shape index (κ2) is 6.01. The van der Waals surface area contributed by atoms with E-state index in [1.807, 2.05) is 13.0 Å². The van der Waals surface area contributed by atoms with Crippen LogP contribution in [-0.4, -0.2) is 15.1 Å². The van der Waals surface area contributed by atoms with E-state index in [-0.39, 0.29) is 12.4 Å². The van der Waals surface area contributed by atoms with Crippen molar-refractivity contribution < 1.29 is 13.7 Å². The van der Waals surface area contributed by atoms with Crippen molar-refractivity contribution in [2.45, 2.75) is 13.5 Å². The van der Waals surface area contributed by atoms with Crippen LogP contribution in [-0.2, 0) is 6.61 Å². The zero-order valence-electron chi connectivity index (χ0n) is 12.7. The molecule has 0 saturated carbocycles. The predicted molar refractivity (Wildman–Crippen MR) is 88.4 cm³/mol. The zero-order valence-corrected chi connectivity index (χ0v) is 13.5. The first-order valence-corrected chi connectivity index (χ1v) is 8.06. The summed E-state index contributed by atoms with van der Waals surface area (Å²) in [5.41, 5.74) is 1.41. The average molecular weight is 341 g/mol. The van der Waals surface area contributed by atoms with Gasteiger partial charge in [-0.2, -0.15) is 0 Å². The molecule has 1 aromatic carbocycles. The first-order chi connectivity index (χ1) is 11.7. The van der Waals surface area contributed by atoms with E-state index in [1.54, 1.807) is 29.5 Å². The van der Waals surface area contributed by atoms with Crippen LogP contribution in [0.3, 0.4) is 0 Å². The minimum atomic E-state index is -0.287. The van der Waals surface area contributed by atoms with Gasteiger partial charge in [-0.25, -0.2) is 14.4 Å². The summed E-state index contributed by atoms with van der Waals surface area (Å²) in [5.74, 6) is 0.793. The van der Waals surface area contributed by atoms with Gasteiger partial charge in [-0.3, -0.25) is 0 Å². The van der Waals surface area contributed by atoms with Crippen molar-refractivity contribution in [3.8, 4) is 17.1 Å². The van der Waals surface area contributed by atoms with Gasteiger partial charge in [0.2, 0.25) is 5.88 Å². The number of rotatable bonds is 4. The van der Waals surface area contributed by atoms with Crippen molar-refractivity contribution in [3.63, 3.8) is 0 Å². The fourth-order valence-electron chi connectivity index (χ4n) is 2.35. The van der Waals surface area contributed by atoms with Crippen LogP contribution in [0.4, 0.5) is 4.39 Å². The van der Waals surface area contributed by atoms with Gasteiger partial charge in [-0.1, -0.05) is 5.16 Å². The third kappa shape index (κ3) is 2.85. The minimum absolute atomic E-state index is 0.204. The number of ether oxygens (including phenoxy) is 1. The normalized spacial score (nSPS) is 11.1. The summed E-state index contributed by atoms with van der Waals surface area (Å²) in [6.45, 7) is 2.22. The predicted octanol–water partition coefficient (Wildman–Crippen LogP) is 4.37. The standard InChI is InChI=1S/C17H12FN3O2S/c1-10-6-14-16(19-9-20-17(14)24-10)22-8-13-7-15(21-23-13)11-2-4-12(18)5-3-11/h2-7,9H,8H2,1H3. The molecule has 0 amide bonds. The summed E-state index contributed by atoms with van der Waals surface area (Å²) in [6.07, 6.45) is 1.48. The van der Waals surface area contributed by atoms with Crippen LogP contribution >= 0.6 is 11.3 Å². The fourth-order valence-corrected chi connectivity index (χ4v) is 3.18. The van der Waals surface area contributed by atoms with Crippen LogP contribution in [0, 0.1) is 12.7 Å². The van der Waals surface area contributed by atoms with Crippen molar-refractivity contribution >= 4 is 21.6 Å². The van der Waals surface area contributed by atoms with E-state index in [2.05, 4.69) is 15.1 Å². The van der Waals surface area contributed by atoms with Crippen molar-refractivity contribution in [1.29, 1.82) is 0 Å². The van der Waals surface area contributed by atoms with E-state index in [1.165, 1.54) is 18.5 Å². The molecule has 0 aliphatic rings. The molecule has 7 heteroatoms. The molecule has 0 bridgehead atoms. The lowest BCUT2D eigenvalue weighted by molar-refractivity contribution is 0.244. The summed E-state index contributed by atoms with van der Waals surface area (Å²) in [4.78, 5) is 10.4. The highest BCUT2D eigenvalue weighted by Gasteiger charge is 2.11. The lowest BCUT2D eigenvalue weighted by atomic mass is 10.1. The monoisotopic (exact) mass is 341 g/mol.